The van der Waals surface area contributed by atoms with Crippen molar-refractivity contribution in [1.82, 2.24) is 25.1 Å². The maximum atomic E-state index is 12.3. The third kappa shape index (κ3) is 3.04. The molecule has 0 aliphatic carbocycles. The lowest BCUT2D eigenvalue weighted by molar-refractivity contribution is 0.0699. The lowest BCUT2D eigenvalue weighted by atomic mass is 9.92. The molecule has 0 unspecified atom stereocenters. The first-order valence-corrected chi connectivity index (χ1v) is 7.90. The van der Waals surface area contributed by atoms with Crippen molar-refractivity contribution in [2.45, 2.75) is 32.2 Å². The monoisotopic (exact) mass is 330 g/mol. The highest BCUT2D eigenvalue weighted by atomic mass is 16.2. The smallest absolute Gasteiger partial charge is 0.323 e. The van der Waals surface area contributed by atoms with Crippen molar-refractivity contribution < 1.29 is 4.79 Å². The van der Waals surface area contributed by atoms with Crippen molar-refractivity contribution >= 4 is 11.7 Å². The number of aromatic amines is 2. The largest absolute Gasteiger partial charge is 0.351 e. The van der Waals surface area contributed by atoms with Crippen molar-refractivity contribution in [3.8, 4) is 0 Å². The molecular formula is C16H22N6O2. The summed E-state index contributed by atoms with van der Waals surface area (Å²) in [5, 5.41) is 8.58. The summed E-state index contributed by atoms with van der Waals surface area (Å²) < 4.78 is 0. The summed E-state index contributed by atoms with van der Waals surface area (Å²) in [6.45, 7) is 7.69. The van der Waals surface area contributed by atoms with E-state index in [-0.39, 0.29) is 28.7 Å². The number of hydrogen-bond acceptors (Lipinski definition) is 5. The minimum absolute atomic E-state index is 0.0247. The fourth-order valence-corrected chi connectivity index (χ4v) is 2.58. The molecule has 0 atom stereocenters. The second kappa shape index (κ2) is 5.77. The number of nitrogens with zero attached hydrogens (tertiary/aromatic N) is 4. The fourth-order valence-electron chi connectivity index (χ4n) is 2.58. The molecule has 2 aromatic rings. The predicted octanol–water partition coefficient (Wildman–Crippen LogP) is 0.751. The number of anilines is 1. The molecule has 1 saturated heterocycles. The minimum Gasteiger partial charge on any atom is -0.351 e. The Kier molecular flexibility index (Phi) is 3.90. The van der Waals surface area contributed by atoms with Crippen LogP contribution < -0.4 is 10.6 Å². The molecule has 0 spiro atoms. The standard InChI is InChI=1S/C16H22N6O2/c1-16(2,3)12-5-6-13(20-19-12)22-8-10(9-22)21(4)14(23)11-7-17-15(24)18-11/h5-7,10H,8-9H2,1-4H3,(H2,17,18,24). The number of hydrogen-bond donors (Lipinski definition) is 2. The molecule has 0 saturated carbocycles. The molecule has 8 nitrogen and oxygen atoms in total. The maximum Gasteiger partial charge on any atom is 0.323 e. The highest BCUT2D eigenvalue weighted by molar-refractivity contribution is 5.92. The topological polar surface area (TPSA) is 98.0 Å². The van der Waals surface area contributed by atoms with Gasteiger partial charge in [-0.1, -0.05) is 20.8 Å². The van der Waals surface area contributed by atoms with Crippen LogP contribution in [0, 0.1) is 0 Å². The quantitative estimate of drug-likeness (QED) is 0.865. The van der Waals surface area contributed by atoms with E-state index in [2.05, 4.69) is 45.8 Å². The van der Waals surface area contributed by atoms with Gasteiger partial charge in [-0.05, 0) is 12.1 Å². The van der Waals surface area contributed by atoms with E-state index in [1.165, 1.54) is 6.20 Å². The second-order valence-corrected chi connectivity index (χ2v) is 7.16. The first kappa shape index (κ1) is 16.2. The van der Waals surface area contributed by atoms with Crippen LogP contribution in [0.15, 0.2) is 23.1 Å². The van der Waals surface area contributed by atoms with Crippen molar-refractivity contribution in [2.75, 3.05) is 25.0 Å². The number of rotatable bonds is 3. The van der Waals surface area contributed by atoms with Crippen molar-refractivity contribution in [2.24, 2.45) is 0 Å². The summed E-state index contributed by atoms with van der Waals surface area (Å²) in [5.41, 5.74) is 0.821. The summed E-state index contributed by atoms with van der Waals surface area (Å²) in [6.07, 6.45) is 1.40. The van der Waals surface area contributed by atoms with E-state index in [0.717, 1.165) is 11.5 Å². The molecule has 24 heavy (non-hydrogen) atoms. The van der Waals surface area contributed by atoms with E-state index < -0.39 is 0 Å². The Morgan fingerprint density at radius 2 is 2.00 bits per heavy atom. The highest BCUT2D eigenvalue weighted by Crippen LogP contribution is 2.24. The fraction of sp³-hybridized carbons (Fsp3) is 0.500. The summed E-state index contributed by atoms with van der Waals surface area (Å²) >= 11 is 0. The van der Waals surface area contributed by atoms with Crippen LogP contribution in [0.1, 0.15) is 37.0 Å². The zero-order valence-corrected chi connectivity index (χ0v) is 14.3. The Hall–Kier alpha value is -2.64. The predicted molar refractivity (Wildman–Crippen MR) is 90.2 cm³/mol. The van der Waals surface area contributed by atoms with Crippen LogP contribution >= 0.6 is 0 Å². The van der Waals surface area contributed by atoms with E-state index in [0.29, 0.717) is 13.1 Å². The molecule has 8 heteroatoms. The Morgan fingerprint density at radius 3 is 2.50 bits per heavy atom. The molecule has 0 bridgehead atoms. The molecule has 1 aliphatic heterocycles. The van der Waals surface area contributed by atoms with Crippen LogP contribution in [0.3, 0.4) is 0 Å². The van der Waals surface area contributed by atoms with Gasteiger partial charge in [0, 0.05) is 31.7 Å². The average Bonchev–Trinajstić information content (AvgIpc) is 2.91. The van der Waals surface area contributed by atoms with Gasteiger partial charge >= 0.3 is 5.69 Å². The third-order valence-corrected chi connectivity index (χ3v) is 4.30. The zero-order valence-electron chi connectivity index (χ0n) is 14.3. The first-order chi connectivity index (χ1) is 11.3. The minimum atomic E-state index is -0.379. The molecule has 1 fully saturated rings. The first-order valence-electron chi connectivity index (χ1n) is 7.90. The number of carbonyl (C=O) groups excluding carboxylic acids is 1. The Labute approximate surface area is 139 Å². The SMILES string of the molecule is CN(C(=O)c1c[nH]c(=O)[nH]1)C1CN(c2ccc(C(C)(C)C)nn2)C1. The van der Waals surface area contributed by atoms with Gasteiger partial charge in [-0.25, -0.2) is 4.79 Å². The van der Waals surface area contributed by atoms with E-state index in [1.807, 2.05) is 12.1 Å². The second-order valence-electron chi connectivity index (χ2n) is 7.16. The van der Waals surface area contributed by atoms with Crippen LogP contribution in [0.2, 0.25) is 0 Å². The molecular weight excluding hydrogens is 308 g/mol. The van der Waals surface area contributed by atoms with Gasteiger partial charge in [-0.15, -0.1) is 5.10 Å². The number of imidazole rings is 1. The van der Waals surface area contributed by atoms with E-state index in [1.54, 1.807) is 11.9 Å². The number of nitrogens with one attached hydrogen (secondary N) is 2. The summed E-state index contributed by atoms with van der Waals surface area (Å²) in [5.74, 6) is 0.613. The van der Waals surface area contributed by atoms with Gasteiger partial charge in [-0.2, -0.15) is 5.10 Å². The van der Waals surface area contributed by atoms with Crippen LogP contribution in [-0.2, 0) is 5.41 Å². The zero-order chi connectivity index (χ0) is 17.5. The lowest BCUT2D eigenvalue weighted by Crippen LogP contribution is -2.60. The van der Waals surface area contributed by atoms with Gasteiger partial charge in [0.05, 0.1) is 11.7 Å². The number of carbonyl (C=O) groups is 1. The molecule has 2 N–H and O–H groups in total. The molecule has 1 aliphatic rings. The lowest BCUT2D eigenvalue weighted by Gasteiger charge is -2.44. The summed E-state index contributed by atoms with van der Waals surface area (Å²) in [4.78, 5) is 32.0. The molecule has 0 radical (unpaired) electrons. The molecule has 3 rings (SSSR count). The number of aromatic nitrogens is 4. The van der Waals surface area contributed by atoms with E-state index in [9.17, 15) is 9.59 Å². The van der Waals surface area contributed by atoms with Gasteiger partial charge in [0.25, 0.3) is 5.91 Å². The Bertz CT molecular complexity index is 780. The Morgan fingerprint density at radius 1 is 1.29 bits per heavy atom. The summed E-state index contributed by atoms with van der Waals surface area (Å²) in [7, 11) is 1.74. The average molecular weight is 330 g/mol. The van der Waals surface area contributed by atoms with E-state index in [4.69, 9.17) is 0 Å². The van der Waals surface area contributed by atoms with Crippen molar-refractivity contribution in [3.05, 3.63) is 40.2 Å². The van der Waals surface area contributed by atoms with Crippen LogP contribution in [0.4, 0.5) is 5.82 Å². The third-order valence-electron chi connectivity index (χ3n) is 4.30. The highest BCUT2D eigenvalue weighted by Gasteiger charge is 2.34. The van der Waals surface area contributed by atoms with Crippen LogP contribution in [0.25, 0.3) is 0 Å². The van der Waals surface area contributed by atoms with Crippen molar-refractivity contribution in [1.29, 1.82) is 0 Å². The van der Waals surface area contributed by atoms with Crippen LogP contribution in [0.5, 0.6) is 0 Å². The molecule has 3 heterocycles. The number of H-pyrrole nitrogens is 2. The summed E-state index contributed by atoms with van der Waals surface area (Å²) in [6, 6.07) is 4.05. The van der Waals surface area contributed by atoms with E-state index >= 15 is 0 Å². The Balaban J connectivity index is 1.60. The van der Waals surface area contributed by atoms with Gasteiger partial charge < -0.3 is 19.8 Å². The van der Waals surface area contributed by atoms with Crippen LogP contribution in [-0.4, -0.2) is 57.2 Å². The van der Waals surface area contributed by atoms with Crippen molar-refractivity contribution in [3.63, 3.8) is 0 Å². The number of likely N-dealkylation sites (N-methyl/N-ethyl adjacent to an activating group) is 1. The number of amides is 1. The van der Waals surface area contributed by atoms with Gasteiger partial charge in [0.2, 0.25) is 0 Å². The molecule has 1 amide bonds. The normalized spacial score (nSPS) is 15.2. The van der Waals surface area contributed by atoms with Gasteiger partial charge in [0.15, 0.2) is 5.82 Å². The molecule has 2 aromatic heterocycles. The van der Waals surface area contributed by atoms with Gasteiger partial charge in [0.1, 0.15) is 5.69 Å². The molecule has 128 valence electrons. The van der Waals surface area contributed by atoms with Gasteiger partial charge in [-0.3, -0.25) is 4.79 Å². The maximum absolute atomic E-state index is 12.3. The molecule has 0 aromatic carbocycles.